The van der Waals surface area contributed by atoms with E-state index >= 15 is 0 Å². The van der Waals surface area contributed by atoms with Gasteiger partial charge in [-0.2, -0.15) is 0 Å². The SMILES string of the molecule is C=C(CC/C=C(\C)CCCC(C)CCCC(C)CCCC(C)CCCC(C)C)C1CC=C(C)CC1. The second-order valence-electron chi connectivity index (χ2n) is 13.2. The van der Waals surface area contributed by atoms with Gasteiger partial charge in [-0.1, -0.05) is 134 Å². The van der Waals surface area contributed by atoms with Crippen LogP contribution in [0.1, 0.15) is 158 Å². The molecule has 0 nitrogen and oxygen atoms in total. The summed E-state index contributed by atoms with van der Waals surface area (Å²) in [6, 6.07) is 0. The van der Waals surface area contributed by atoms with Crippen molar-refractivity contribution in [3.63, 3.8) is 0 Å². The summed E-state index contributed by atoms with van der Waals surface area (Å²) in [5, 5.41) is 0. The zero-order chi connectivity index (χ0) is 26.1. The van der Waals surface area contributed by atoms with E-state index < -0.39 is 0 Å². The highest BCUT2D eigenvalue weighted by atomic mass is 14.2. The quantitative estimate of drug-likeness (QED) is 0.151. The summed E-state index contributed by atoms with van der Waals surface area (Å²) >= 11 is 0. The molecule has 1 rings (SSSR count). The molecule has 0 N–H and O–H groups in total. The van der Waals surface area contributed by atoms with Crippen LogP contribution in [0.3, 0.4) is 0 Å². The lowest BCUT2D eigenvalue weighted by atomic mass is 9.83. The molecule has 0 fully saturated rings. The normalized spacial score (nSPS) is 19.5. The second-order valence-corrected chi connectivity index (χ2v) is 13.2. The second kappa shape index (κ2) is 19.3. The first kappa shape index (κ1) is 32.2. The van der Waals surface area contributed by atoms with Gasteiger partial charge in [-0.15, -0.1) is 0 Å². The molecular weight excluding hydrogens is 420 g/mol. The van der Waals surface area contributed by atoms with Crippen LogP contribution in [-0.4, -0.2) is 0 Å². The Kier molecular flexibility index (Phi) is 17.8. The largest absolute Gasteiger partial charge is 0.0996 e. The van der Waals surface area contributed by atoms with E-state index in [1.54, 1.807) is 11.1 Å². The average molecular weight is 485 g/mol. The van der Waals surface area contributed by atoms with Gasteiger partial charge in [0.1, 0.15) is 0 Å². The summed E-state index contributed by atoms with van der Waals surface area (Å²) in [5.41, 5.74) is 4.65. The Balaban J connectivity index is 2.03. The van der Waals surface area contributed by atoms with Crippen LogP contribution in [0.4, 0.5) is 0 Å². The topological polar surface area (TPSA) is 0 Å². The van der Waals surface area contributed by atoms with Gasteiger partial charge in [0.15, 0.2) is 0 Å². The molecule has 1 aliphatic rings. The van der Waals surface area contributed by atoms with Crippen LogP contribution in [0.25, 0.3) is 0 Å². The molecule has 0 bridgehead atoms. The van der Waals surface area contributed by atoms with Gasteiger partial charge in [0.05, 0.1) is 0 Å². The minimum Gasteiger partial charge on any atom is -0.0996 e. The van der Waals surface area contributed by atoms with E-state index in [2.05, 4.69) is 67.2 Å². The van der Waals surface area contributed by atoms with Crippen molar-refractivity contribution in [1.82, 2.24) is 0 Å². The molecule has 0 heterocycles. The van der Waals surface area contributed by atoms with Gasteiger partial charge in [-0.3, -0.25) is 0 Å². The third kappa shape index (κ3) is 17.3. The molecule has 0 aromatic carbocycles. The highest BCUT2D eigenvalue weighted by Gasteiger charge is 2.15. The smallest absolute Gasteiger partial charge is 0.0168 e. The lowest BCUT2D eigenvalue weighted by molar-refractivity contribution is 0.372. The van der Waals surface area contributed by atoms with E-state index in [-0.39, 0.29) is 0 Å². The maximum Gasteiger partial charge on any atom is -0.0168 e. The molecule has 0 radical (unpaired) electrons. The standard InChI is InChI=1S/C35H64/c1-28(2)14-9-15-29(3)16-10-17-30(4)18-11-19-31(5)20-12-21-32(6)22-13-23-34(8)35-26-24-33(7)25-27-35/h22,24,28-31,35H,8-21,23,25-27H2,1-7H3/b32-22+. The molecule has 0 saturated heterocycles. The minimum atomic E-state index is 0.735. The van der Waals surface area contributed by atoms with Crippen LogP contribution in [0.15, 0.2) is 35.5 Å². The number of hydrogen-bond acceptors (Lipinski definition) is 0. The summed E-state index contributed by atoms with van der Waals surface area (Å²) in [5.74, 6) is 4.33. The van der Waals surface area contributed by atoms with E-state index in [9.17, 15) is 0 Å². The molecule has 0 amide bonds. The van der Waals surface area contributed by atoms with Gasteiger partial charge in [-0.25, -0.2) is 0 Å². The minimum absolute atomic E-state index is 0.735. The lowest BCUT2D eigenvalue weighted by Crippen LogP contribution is -2.07. The summed E-state index contributed by atoms with van der Waals surface area (Å²) in [6.45, 7) is 21.2. The third-order valence-electron chi connectivity index (χ3n) is 8.71. The first-order chi connectivity index (χ1) is 16.7. The highest BCUT2D eigenvalue weighted by molar-refractivity contribution is 5.12. The van der Waals surface area contributed by atoms with Crippen molar-refractivity contribution in [2.45, 2.75) is 158 Å². The Morgan fingerprint density at radius 1 is 0.829 bits per heavy atom. The summed E-state index contributed by atoms with van der Waals surface area (Å²) in [7, 11) is 0. The third-order valence-corrected chi connectivity index (χ3v) is 8.71. The van der Waals surface area contributed by atoms with E-state index in [0.717, 1.165) is 29.6 Å². The first-order valence-corrected chi connectivity index (χ1v) is 15.7. The van der Waals surface area contributed by atoms with Crippen LogP contribution in [0.5, 0.6) is 0 Å². The molecule has 0 spiro atoms. The van der Waals surface area contributed by atoms with Gasteiger partial charge in [0, 0.05) is 0 Å². The predicted molar refractivity (Wildman–Crippen MR) is 161 cm³/mol. The van der Waals surface area contributed by atoms with Crippen LogP contribution < -0.4 is 0 Å². The van der Waals surface area contributed by atoms with Crippen molar-refractivity contribution < 1.29 is 0 Å². The average Bonchev–Trinajstić information content (AvgIpc) is 2.79. The molecule has 1 aliphatic carbocycles. The van der Waals surface area contributed by atoms with Crippen LogP contribution >= 0.6 is 0 Å². The van der Waals surface area contributed by atoms with E-state index in [0.29, 0.717) is 0 Å². The zero-order valence-electron chi connectivity index (χ0n) is 25.3. The monoisotopic (exact) mass is 485 g/mol. The van der Waals surface area contributed by atoms with Crippen molar-refractivity contribution in [2.24, 2.45) is 29.6 Å². The molecule has 4 atom stereocenters. The fourth-order valence-corrected chi connectivity index (χ4v) is 5.81. The lowest BCUT2D eigenvalue weighted by Gasteiger charge is -2.22. The summed E-state index contributed by atoms with van der Waals surface area (Å²) < 4.78 is 0. The van der Waals surface area contributed by atoms with Gasteiger partial charge < -0.3 is 0 Å². The summed E-state index contributed by atoms with van der Waals surface area (Å²) in [6.07, 6.45) is 28.0. The van der Waals surface area contributed by atoms with Crippen LogP contribution in [0.2, 0.25) is 0 Å². The highest BCUT2D eigenvalue weighted by Crippen LogP contribution is 2.30. The van der Waals surface area contributed by atoms with Crippen LogP contribution in [-0.2, 0) is 0 Å². The maximum absolute atomic E-state index is 4.41. The van der Waals surface area contributed by atoms with Crippen LogP contribution in [0, 0.1) is 29.6 Å². The molecule has 35 heavy (non-hydrogen) atoms. The molecule has 0 aromatic rings. The van der Waals surface area contributed by atoms with E-state index in [1.807, 2.05) is 0 Å². The molecule has 204 valence electrons. The zero-order valence-corrected chi connectivity index (χ0v) is 25.3. The number of allylic oxidation sites excluding steroid dienone is 5. The molecular formula is C35H64. The fraction of sp³-hybridized carbons (Fsp3) is 0.829. The Morgan fingerprint density at radius 3 is 1.83 bits per heavy atom. The Morgan fingerprint density at radius 2 is 1.34 bits per heavy atom. The molecule has 0 aliphatic heterocycles. The van der Waals surface area contributed by atoms with Crippen molar-refractivity contribution in [1.29, 1.82) is 0 Å². The Labute approximate surface area is 222 Å². The van der Waals surface area contributed by atoms with Gasteiger partial charge in [0.25, 0.3) is 0 Å². The first-order valence-electron chi connectivity index (χ1n) is 15.7. The van der Waals surface area contributed by atoms with Gasteiger partial charge in [-0.05, 0) is 88.4 Å². The summed E-state index contributed by atoms with van der Waals surface area (Å²) in [4.78, 5) is 0. The fourth-order valence-electron chi connectivity index (χ4n) is 5.81. The number of hydrogen-bond donors (Lipinski definition) is 0. The maximum atomic E-state index is 4.41. The molecule has 0 saturated carbocycles. The molecule has 0 aromatic heterocycles. The van der Waals surface area contributed by atoms with Gasteiger partial charge in [0.2, 0.25) is 0 Å². The molecule has 4 unspecified atom stereocenters. The van der Waals surface area contributed by atoms with Gasteiger partial charge >= 0.3 is 0 Å². The Bertz CT molecular complexity index is 604. The Hall–Kier alpha value is -0.780. The molecule has 0 heteroatoms. The number of rotatable bonds is 20. The van der Waals surface area contributed by atoms with Crippen molar-refractivity contribution in [2.75, 3.05) is 0 Å². The van der Waals surface area contributed by atoms with E-state index in [4.69, 9.17) is 0 Å². The predicted octanol–water partition coefficient (Wildman–Crippen LogP) is 12.3. The van der Waals surface area contributed by atoms with Crippen molar-refractivity contribution >= 4 is 0 Å². The van der Waals surface area contributed by atoms with Crippen molar-refractivity contribution in [3.8, 4) is 0 Å². The van der Waals surface area contributed by atoms with E-state index in [1.165, 1.54) is 115 Å². The van der Waals surface area contributed by atoms with Crippen molar-refractivity contribution in [3.05, 3.63) is 35.5 Å².